The molecule has 1 amide bonds. The van der Waals surface area contributed by atoms with Gasteiger partial charge < -0.3 is 14.4 Å². The lowest BCUT2D eigenvalue weighted by Crippen LogP contribution is -2.24. The van der Waals surface area contributed by atoms with Crippen LogP contribution < -0.4 is 10.2 Å². The summed E-state index contributed by atoms with van der Waals surface area (Å²) in [6.07, 6.45) is 1.62. The fraction of sp³-hybridized carbons (Fsp3) is 0.158. The van der Waals surface area contributed by atoms with Crippen molar-refractivity contribution in [3.8, 4) is 5.75 Å². The largest absolute Gasteiger partial charge is 0.482 e. The average Bonchev–Trinajstić information content (AvgIpc) is 3.07. The SMILES string of the molecule is C/C(=N/NC(=O)Cn1cnc2ccccc21)c1cccc(OCC(=O)O)c1. The Bertz CT molecular complexity index is 1010. The second-order valence-corrected chi connectivity index (χ2v) is 5.80. The van der Waals surface area contributed by atoms with Gasteiger partial charge in [-0.3, -0.25) is 4.79 Å². The second kappa shape index (κ2) is 8.13. The van der Waals surface area contributed by atoms with Gasteiger partial charge in [-0.2, -0.15) is 5.10 Å². The number of nitrogens with zero attached hydrogens (tertiary/aromatic N) is 3. The summed E-state index contributed by atoms with van der Waals surface area (Å²) >= 11 is 0. The first-order chi connectivity index (χ1) is 13.0. The molecule has 0 fully saturated rings. The first kappa shape index (κ1) is 18.1. The van der Waals surface area contributed by atoms with Gasteiger partial charge in [0.05, 0.1) is 23.1 Å². The fourth-order valence-electron chi connectivity index (χ4n) is 2.49. The van der Waals surface area contributed by atoms with Crippen LogP contribution in [0.5, 0.6) is 5.75 Å². The van der Waals surface area contributed by atoms with Crippen molar-refractivity contribution >= 4 is 28.6 Å². The van der Waals surface area contributed by atoms with E-state index in [9.17, 15) is 9.59 Å². The molecule has 0 bridgehead atoms. The molecule has 0 saturated carbocycles. The summed E-state index contributed by atoms with van der Waals surface area (Å²) in [6, 6.07) is 14.4. The molecule has 27 heavy (non-hydrogen) atoms. The summed E-state index contributed by atoms with van der Waals surface area (Å²) in [5.41, 5.74) is 5.50. The van der Waals surface area contributed by atoms with Gasteiger partial charge in [0.25, 0.3) is 5.91 Å². The number of hydrogen-bond acceptors (Lipinski definition) is 5. The standard InChI is InChI=1S/C19H18N4O4/c1-13(14-5-4-6-15(9-14)27-11-19(25)26)21-22-18(24)10-23-12-20-16-7-2-3-8-17(16)23/h2-9,12H,10-11H2,1H3,(H,22,24)(H,25,26)/b21-13-. The van der Waals surface area contributed by atoms with Crippen molar-refractivity contribution < 1.29 is 19.4 Å². The summed E-state index contributed by atoms with van der Waals surface area (Å²) < 4.78 is 6.89. The van der Waals surface area contributed by atoms with Crippen LogP contribution in [0.25, 0.3) is 11.0 Å². The molecule has 0 unspecified atom stereocenters. The molecule has 0 saturated heterocycles. The van der Waals surface area contributed by atoms with Gasteiger partial charge in [0.1, 0.15) is 12.3 Å². The van der Waals surface area contributed by atoms with Gasteiger partial charge in [-0.25, -0.2) is 15.2 Å². The molecule has 0 radical (unpaired) electrons. The van der Waals surface area contributed by atoms with Gasteiger partial charge >= 0.3 is 5.97 Å². The zero-order valence-corrected chi connectivity index (χ0v) is 14.6. The van der Waals surface area contributed by atoms with Crippen LogP contribution in [0.3, 0.4) is 0 Å². The Morgan fingerprint density at radius 3 is 2.85 bits per heavy atom. The molecule has 0 aliphatic carbocycles. The lowest BCUT2D eigenvalue weighted by Gasteiger charge is -2.07. The molecule has 8 heteroatoms. The third-order valence-corrected chi connectivity index (χ3v) is 3.80. The van der Waals surface area contributed by atoms with Gasteiger partial charge in [0, 0.05) is 5.56 Å². The zero-order valence-electron chi connectivity index (χ0n) is 14.6. The maximum Gasteiger partial charge on any atom is 0.341 e. The molecule has 3 aromatic rings. The molecule has 138 valence electrons. The lowest BCUT2D eigenvalue weighted by atomic mass is 10.1. The van der Waals surface area contributed by atoms with E-state index < -0.39 is 12.6 Å². The summed E-state index contributed by atoms with van der Waals surface area (Å²) in [5, 5.41) is 12.8. The van der Waals surface area contributed by atoms with Crippen LogP contribution in [-0.4, -0.2) is 38.9 Å². The monoisotopic (exact) mass is 366 g/mol. The normalized spacial score (nSPS) is 11.4. The Balaban J connectivity index is 1.64. The predicted octanol–water partition coefficient (Wildman–Crippen LogP) is 2.04. The van der Waals surface area contributed by atoms with E-state index in [2.05, 4.69) is 15.5 Å². The molecule has 0 spiro atoms. The van der Waals surface area contributed by atoms with Crippen LogP contribution in [-0.2, 0) is 16.1 Å². The smallest absolute Gasteiger partial charge is 0.341 e. The minimum absolute atomic E-state index is 0.0963. The summed E-state index contributed by atoms with van der Waals surface area (Å²) in [5.74, 6) is -0.915. The fourth-order valence-corrected chi connectivity index (χ4v) is 2.49. The molecule has 0 aliphatic heterocycles. The molecule has 1 aromatic heterocycles. The van der Waals surface area contributed by atoms with E-state index in [1.165, 1.54) is 0 Å². The number of benzene rings is 2. The Labute approximate surface area is 155 Å². The van der Waals surface area contributed by atoms with Crippen molar-refractivity contribution in [3.05, 3.63) is 60.4 Å². The van der Waals surface area contributed by atoms with Crippen molar-refractivity contribution in [1.82, 2.24) is 15.0 Å². The van der Waals surface area contributed by atoms with Gasteiger partial charge in [-0.1, -0.05) is 24.3 Å². The number of amides is 1. The molecular weight excluding hydrogens is 348 g/mol. The van der Waals surface area contributed by atoms with E-state index >= 15 is 0 Å². The van der Waals surface area contributed by atoms with Crippen molar-refractivity contribution in [2.24, 2.45) is 5.10 Å². The number of ether oxygens (including phenoxy) is 1. The zero-order chi connectivity index (χ0) is 19.2. The van der Waals surface area contributed by atoms with Crippen molar-refractivity contribution in [2.75, 3.05) is 6.61 Å². The van der Waals surface area contributed by atoms with Gasteiger partial charge in [-0.15, -0.1) is 0 Å². The number of hydrogen-bond donors (Lipinski definition) is 2. The van der Waals surface area contributed by atoms with E-state index in [0.29, 0.717) is 17.0 Å². The number of aliphatic carboxylic acids is 1. The molecule has 2 N–H and O–H groups in total. The number of carboxylic acid groups (broad SMARTS) is 1. The highest BCUT2D eigenvalue weighted by atomic mass is 16.5. The van der Waals surface area contributed by atoms with Crippen LogP contribution >= 0.6 is 0 Å². The highest BCUT2D eigenvalue weighted by Gasteiger charge is 2.07. The quantitative estimate of drug-likeness (QED) is 0.492. The van der Waals surface area contributed by atoms with Gasteiger partial charge in [0.2, 0.25) is 0 Å². The van der Waals surface area contributed by atoms with E-state index in [-0.39, 0.29) is 12.5 Å². The maximum atomic E-state index is 12.2. The first-order valence-electron chi connectivity index (χ1n) is 8.21. The lowest BCUT2D eigenvalue weighted by molar-refractivity contribution is -0.139. The number of para-hydroxylation sites is 2. The number of nitrogens with one attached hydrogen (secondary N) is 1. The predicted molar refractivity (Wildman–Crippen MR) is 99.7 cm³/mol. The molecule has 0 aliphatic rings. The van der Waals surface area contributed by atoms with Gasteiger partial charge in [0.15, 0.2) is 6.61 Å². The van der Waals surface area contributed by atoms with Crippen LogP contribution in [0.2, 0.25) is 0 Å². The van der Waals surface area contributed by atoms with E-state index in [1.807, 2.05) is 24.3 Å². The number of carbonyl (C=O) groups is 2. The van der Waals surface area contributed by atoms with Gasteiger partial charge in [-0.05, 0) is 31.2 Å². The Morgan fingerprint density at radius 2 is 2.04 bits per heavy atom. The molecule has 1 heterocycles. The van der Waals surface area contributed by atoms with Crippen molar-refractivity contribution in [2.45, 2.75) is 13.5 Å². The Kier molecular flexibility index (Phi) is 5.46. The highest BCUT2D eigenvalue weighted by Crippen LogP contribution is 2.14. The van der Waals surface area contributed by atoms with Crippen molar-refractivity contribution in [3.63, 3.8) is 0 Å². The number of carbonyl (C=O) groups excluding carboxylic acids is 1. The third kappa shape index (κ3) is 4.69. The van der Waals surface area contributed by atoms with Crippen LogP contribution in [0.4, 0.5) is 0 Å². The van der Waals surface area contributed by atoms with Crippen LogP contribution in [0, 0.1) is 0 Å². The van der Waals surface area contributed by atoms with Crippen LogP contribution in [0.15, 0.2) is 60.0 Å². The molecular formula is C19H18N4O4. The topological polar surface area (TPSA) is 106 Å². The molecule has 2 aromatic carbocycles. The van der Waals surface area contributed by atoms with Crippen molar-refractivity contribution in [1.29, 1.82) is 0 Å². The maximum absolute atomic E-state index is 12.2. The molecule has 0 atom stereocenters. The van der Waals surface area contributed by atoms with Crippen LogP contribution in [0.1, 0.15) is 12.5 Å². The molecule has 3 rings (SSSR count). The number of carboxylic acids is 1. The number of rotatable bonds is 7. The Morgan fingerprint density at radius 1 is 1.22 bits per heavy atom. The number of hydrazone groups is 1. The number of imidazole rings is 1. The number of aromatic nitrogens is 2. The minimum atomic E-state index is -1.05. The summed E-state index contributed by atoms with van der Waals surface area (Å²) in [6.45, 7) is 1.41. The average molecular weight is 366 g/mol. The van der Waals surface area contributed by atoms with E-state index in [1.54, 1.807) is 42.1 Å². The Hall–Kier alpha value is -3.68. The first-order valence-corrected chi connectivity index (χ1v) is 8.21. The summed E-state index contributed by atoms with van der Waals surface area (Å²) in [4.78, 5) is 27.0. The van der Waals surface area contributed by atoms with E-state index in [4.69, 9.17) is 9.84 Å². The third-order valence-electron chi connectivity index (χ3n) is 3.80. The van der Waals surface area contributed by atoms with E-state index in [0.717, 1.165) is 11.0 Å². The summed E-state index contributed by atoms with van der Waals surface area (Å²) in [7, 11) is 0. The molecule has 8 nitrogen and oxygen atoms in total. The minimum Gasteiger partial charge on any atom is -0.482 e. The number of fused-ring (bicyclic) bond motifs is 1. The second-order valence-electron chi connectivity index (χ2n) is 5.80. The highest BCUT2D eigenvalue weighted by molar-refractivity contribution is 5.99.